The van der Waals surface area contributed by atoms with Crippen LogP contribution >= 0.6 is 12.2 Å². The molecular weight excluding hydrogens is 192 g/mol. The monoisotopic (exact) mass is 212 g/mol. The lowest BCUT2D eigenvalue weighted by atomic mass is 9.94. The molecule has 3 heteroatoms. The fourth-order valence-corrected chi connectivity index (χ4v) is 3.39. The van der Waals surface area contributed by atoms with Gasteiger partial charge in [-0.25, -0.2) is 0 Å². The number of hydrogen-bond donors (Lipinski definition) is 1. The molecule has 3 unspecified atom stereocenters. The highest BCUT2D eigenvalue weighted by Gasteiger charge is 2.41. The Balaban J connectivity index is 1.92. The highest BCUT2D eigenvalue weighted by molar-refractivity contribution is 7.80. The lowest BCUT2D eigenvalue weighted by molar-refractivity contribution is 0.256. The van der Waals surface area contributed by atoms with Crippen molar-refractivity contribution in [3.63, 3.8) is 0 Å². The van der Waals surface area contributed by atoms with E-state index >= 15 is 0 Å². The molecule has 2 rings (SSSR count). The van der Waals surface area contributed by atoms with E-state index in [0.29, 0.717) is 0 Å². The Morgan fingerprint density at radius 2 is 2.21 bits per heavy atom. The summed E-state index contributed by atoms with van der Waals surface area (Å²) in [4.78, 5) is 2.29. The summed E-state index contributed by atoms with van der Waals surface area (Å²) in [6.45, 7) is 3.03. The molecule has 0 amide bonds. The van der Waals surface area contributed by atoms with Crippen molar-refractivity contribution in [2.45, 2.75) is 38.6 Å². The summed E-state index contributed by atoms with van der Waals surface area (Å²) in [6.07, 6.45) is 5.70. The zero-order chi connectivity index (χ0) is 10.1. The Bertz CT molecular complexity index is 229. The molecule has 0 radical (unpaired) electrons. The molecular formula is C11H20N2S. The van der Waals surface area contributed by atoms with Crippen LogP contribution in [0.1, 0.15) is 32.6 Å². The molecule has 0 heterocycles. The SMILES string of the molecule is CCNC(=S)N(C)C1CC2CCC1C2. The topological polar surface area (TPSA) is 15.3 Å². The largest absolute Gasteiger partial charge is 0.363 e. The van der Waals surface area contributed by atoms with Gasteiger partial charge >= 0.3 is 0 Å². The zero-order valence-corrected chi connectivity index (χ0v) is 9.94. The predicted molar refractivity (Wildman–Crippen MR) is 63.3 cm³/mol. The molecule has 2 nitrogen and oxygen atoms in total. The maximum Gasteiger partial charge on any atom is 0.168 e. The molecule has 14 heavy (non-hydrogen) atoms. The highest BCUT2D eigenvalue weighted by Crippen LogP contribution is 2.46. The van der Waals surface area contributed by atoms with Crippen LogP contribution in [0.25, 0.3) is 0 Å². The first-order valence-electron chi connectivity index (χ1n) is 5.73. The highest BCUT2D eigenvalue weighted by atomic mass is 32.1. The van der Waals surface area contributed by atoms with Gasteiger partial charge in [0.25, 0.3) is 0 Å². The Hall–Kier alpha value is -0.310. The van der Waals surface area contributed by atoms with E-state index in [1.807, 2.05) is 0 Å². The number of hydrogen-bond acceptors (Lipinski definition) is 1. The molecule has 2 saturated carbocycles. The van der Waals surface area contributed by atoms with E-state index in [2.05, 4.69) is 24.2 Å². The van der Waals surface area contributed by atoms with Crippen LogP contribution < -0.4 is 5.32 Å². The van der Waals surface area contributed by atoms with Gasteiger partial charge in [0.15, 0.2) is 5.11 Å². The van der Waals surface area contributed by atoms with Gasteiger partial charge in [0.05, 0.1) is 0 Å². The van der Waals surface area contributed by atoms with Crippen LogP contribution in [0.2, 0.25) is 0 Å². The molecule has 3 atom stereocenters. The van der Waals surface area contributed by atoms with Gasteiger partial charge in [-0.15, -0.1) is 0 Å². The third-order valence-corrected chi connectivity index (χ3v) is 4.28. The molecule has 2 aliphatic rings. The van der Waals surface area contributed by atoms with E-state index in [4.69, 9.17) is 12.2 Å². The normalized spacial score (nSPS) is 34.6. The average molecular weight is 212 g/mol. The molecule has 0 aromatic heterocycles. The summed E-state index contributed by atoms with van der Waals surface area (Å²) in [5.41, 5.74) is 0. The fraction of sp³-hybridized carbons (Fsp3) is 0.909. The van der Waals surface area contributed by atoms with Crippen molar-refractivity contribution in [2.75, 3.05) is 13.6 Å². The number of nitrogens with zero attached hydrogens (tertiary/aromatic N) is 1. The Kier molecular flexibility index (Phi) is 2.96. The van der Waals surface area contributed by atoms with Crippen molar-refractivity contribution >= 4 is 17.3 Å². The van der Waals surface area contributed by atoms with Crippen LogP contribution in [0.3, 0.4) is 0 Å². The van der Waals surface area contributed by atoms with Gasteiger partial charge in [0, 0.05) is 19.6 Å². The van der Waals surface area contributed by atoms with Gasteiger partial charge in [-0.2, -0.15) is 0 Å². The van der Waals surface area contributed by atoms with Gasteiger partial charge in [-0.3, -0.25) is 0 Å². The molecule has 0 saturated heterocycles. The lowest BCUT2D eigenvalue weighted by Crippen LogP contribution is -2.45. The van der Waals surface area contributed by atoms with Crippen molar-refractivity contribution in [3.8, 4) is 0 Å². The van der Waals surface area contributed by atoms with Gasteiger partial charge < -0.3 is 10.2 Å². The predicted octanol–water partition coefficient (Wildman–Crippen LogP) is 2.00. The summed E-state index contributed by atoms with van der Waals surface area (Å²) in [5, 5.41) is 4.17. The third-order valence-electron chi connectivity index (χ3n) is 3.85. The minimum Gasteiger partial charge on any atom is -0.363 e. The van der Waals surface area contributed by atoms with Gasteiger partial charge in [-0.05, 0) is 50.2 Å². The standard InChI is InChI=1S/C11H20N2S/c1-3-12-11(14)13(2)10-7-8-4-5-9(10)6-8/h8-10H,3-7H2,1-2H3,(H,12,14). The van der Waals surface area contributed by atoms with Crippen molar-refractivity contribution < 1.29 is 0 Å². The molecule has 0 aliphatic heterocycles. The Morgan fingerprint density at radius 1 is 1.43 bits per heavy atom. The number of rotatable bonds is 2. The van der Waals surface area contributed by atoms with Gasteiger partial charge in [-0.1, -0.05) is 6.42 Å². The third kappa shape index (κ3) is 1.74. The maximum absolute atomic E-state index is 5.34. The van der Waals surface area contributed by atoms with Crippen LogP contribution in [0, 0.1) is 11.8 Å². The maximum atomic E-state index is 5.34. The molecule has 2 fully saturated rings. The first-order chi connectivity index (χ1) is 6.72. The first-order valence-corrected chi connectivity index (χ1v) is 6.13. The minimum absolute atomic E-state index is 0.722. The molecule has 0 spiro atoms. The minimum atomic E-state index is 0.722. The summed E-state index contributed by atoms with van der Waals surface area (Å²) in [5.74, 6) is 1.92. The second-order valence-electron chi connectivity index (χ2n) is 4.69. The van der Waals surface area contributed by atoms with Gasteiger partial charge in [0.2, 0.25) is 0 Å². The Morgan fingerprint density at radius 3 is 2.71 bits per heavy atom. The Labute approximate surface area is 92.0 Å². The zero-order valence-electron chi connectivity index (χ0n) is 9.12. The van der Waals surface area contributed by atoms with Crippen molar-refractivity contribution in [1.29, 1.82) is 0 Å². The van der Waals surface area contributed by atoms with Crippen molar-refractivity contribution in [1.82, 2.24) is 10.2 Å². The van der Waals surface area contributed by atoms with Crippen LogP contribution in [0.4, 0.5) is 0 Å². The van der Waals surface area contributed by atoms with E-state index in [0.717, 1.165) is 29.5 Å². The summed E-state index contributed by atoms with van der Waals surface area (Å²) < 4.78 is 0. The summed E-state index contributed by atoms with van der Waals surface area (Å²) in [7, 11) is 2.15. The molecule has 0 aromatic carbocycles. The molecule has 2 aliphatic carbocycles. The van der Waals surface area contributed by atoms with Crippen LogP contribution in [-0.2, 0) is 0 Å². The van der Waals surface area contributed by atoms with Crippen molar-refractivity contribution in [2.24, 2.45) is 11.8 Å². The number of nitrogens with one attached hydrogen (secondary N) is 1. The molecule has 80 valence electrons. The quantitative estimate of drug-likeness (QED) is 0.705. The van der Waals surface area contributed by atoms with Gasteiger partial charge in [0.1, 0.15) is 0 Å². The summed E-state index contributed by atoms with van der Waals surface area (Å²) in [6, 6.07) is 0.722. The molecule has 1 N–H and O–H groups in total. The number of fused-ring (bicyclic) bond motifs is 2. The van der Waals surface area contributed by atoms with Crippen molar-refractivity contribution in [3.05, 3.63) is 0 Å². The summed E-state index contributed by atoms with van der Waals surface area (Å²) >= 11 is 5.34. The van der Waals surface area contributed by atoms with E-state index in [-0.39, 0.29) is 0 Å². The molecule has 0 aromatic rings. The van der Waals surface area contributed by atoms with E-state index < -0.39 is 0 Å². The first kappa shape index (κ1) is 10.2. The smallest absolute Gasteiger partial charge is 0.168 e. The second kappa shape index (κ2) is 4.05. The fourth-order valence-electron chi connectivity index (χ4n) is 3.11. The number of thiocarbonyl (C=S) groups is 1. The van der Waals surface area contributed by atoms with E-state index in [1.165, 1.54) is 25.7 Å². The van der Waals surface area contributed by atoms with Crippen LogP contribution in [-0.4, -0.2) is 29.6 Å². The van der Waals surface area contributed by atoms with E-state index in [1.54, 1.807) is 0 Å². The average Bonchev–Trinajstić information content (AvgIpc) is 2.77. The lowest BCUT2D eigenvalue weighted by Gasteiger charge is -2.33. The van der Waals surface area contributed by atoms with Crippen LogP contribution in [0.15, 0.2) is 0 Å². The second-order valence-corrected chi connectivity index (χ2v) is 5.08. The van der Waals surface area contributed by atoms with Crippen LogP contribution in [0.5, 0.6) is 0 Å². The van der Waals surface area contributed by atoms with E-state index in [9.17, 15) is 0 Å². The molecule has 2 bridgehead atoms.